The van der Waals surface area contributed by atoms with Crippen molar-refractivity contribution in [1.82, 2.24) is 9.88 Å². The van der Waals surface area contributed by atoms with E-state index in [2.05, 4.69) is 198 Å². The topological polar surface area (TPSA) is 42.5 Å². The minimum absolute atomic E-state index is 0.265. The van der Waals surface area contributed by atoms with Crippen LogP contribution in [0.4, 0.5) is 0 Å². The molecule has 1 aliphatic heterocycles. The molecule has 0 fully saturated rings. The van der Waals surface area contributed by atoms with E-state index in [0.717, 1.165) is 77.5 Å². The van der Waals surface area contributed by atoms with Crippen LogP contribution < -0.4 is 5.32 Å². The molecule has 2 aromatic heterocycles. The molecular weight excluding hydrogens is 683 g/mol. The first-order valence-electron chi connectivity index (χ1n) is 19.2. The van der Waals surface area contributed by atoms with Crippen molar-refractivity contribution < 1.29 is 4.42 Å². The smallest absolute Gasteiger partial charge is 0.160 e. The van der Waals surface area contributed by atoms with Crippen molar-refractivity contribution in [3.63, 3.8) is 0 Å². The number of allylic oxidation sites excluding steroid dienone is 1. The molecule has 0 saturated heterocycles. The van der Waals surface area contributed by atoms with Gasteiger partial charge in [-0.15, -0.1) is 0 Å². The van der Waals surface area contributed by atoms with Crippen LogP contribution in [0.5, 0.6) is 0 Å². The summed E-state index contributed by atoms with van der Waals surface area (Å²) in [5, 5.41) is 15.7. The third-order valence-corrected chi connectivity index (χ3v) is 11.6. The fourth-order valence-electron chi connectivity index (χ4n) is 9.05. The zero-order valence-electron chi connectivity index (χ0n) is 30.3. The number of benzene rings is 9. The van der Waals surface area contributed by atoms with Crippen LogP contribution >= 0.6 is 0 Å². The van der Waals surface area contributed by atoms with E-state index in [-0.39, 0.29) is 6.17 Å². The van der Waals surface area contributed by atoms with E-state index >= 15 is 0 Å². The number of hydrogen-bond acceptors (Lipinski definition) is 3. The van der Waals surface area contributed by atoms with Gasteiger partial charge in [-0.05, 0) is 74.5 Å². The van der Waals surface area contributed by atoms with E-state index in [1.54, 1.807) is 0 Å². The lowest BCUT2D eigenvalue weighted by Gasteiger charge is -2.25. The molecule has 56 heavy (non-hydrogen) atoms. The molecule has 262 valence electrons. The summed E-state index contributed by atoms with van der Waals surface area (Å²) in [5.41, 5.74) is 10.2. The standard InChI is InChI=1S/C52H33N3O/c1-3-16-35(17-4-1)42-31-43(54-52(53-42)36-18-5-2-6-19-36)40-27-30-46(51-47(40)41-26-23-34-15-9-12-22-39(34)50(41)56-51)55-44-28-24-32-13-7-10-20-37(32)48(44)49-38-21-11-8-14-33(38)25-29-45(49)55/h1-31,52,54H. The number of rotatable bonds is 4. The zero-order chi connectivity index (χ0) is 36.7. The number of fused-ring (bicyclic) bond motifs is 12. The van der Waals surface area contributed by atoms with Crippen LogP contribution in [-0.4, -0.2) is 10.3 Å². The lowest BCUT2D eigenvalue weighted by atomic mass is 9.97. The quantitative estimate of drug-likeness (QED) is 0.197. The minimum Gasteiger partial charge on any atom is -0.453 e. The van der Waals surface area contributed by atoms with Crippen LogP contribution in [0.3, 0.4) is 0 Å². The highest BCUT2D eigenvalue weighted by molar-refractivity contribution is 6.29. The Morgan fingerprint density at radius 3 is 1.71 bits per heavy atom. The molecule has 1 aliphatic rings. The number of furan rings is 1. The summed E-state index contributed by atoms with van der Waals surface area (Å²) >= 11 is 0. The van der Waals surface area contributed by atoms with Crippen molar-refractivity contribution in [3.05, 3.63) is 205 Å². The molecule has 3 heterocycles. The molecule has 9 aromatic carbocycles. The first-order chi connectivity index (χ1) is 27.8. The number of aliphatic imine (C=N–C) groups is 1. The second kappa shape index (κ2) is 12.0. The maximum atomic E-state index is 7.24. The van der Waals surface area contributed by atoms with Crippen LogP contribution in [0.15, 0.2) is 197 Å². The third kappa shape index (κ3) is 4.56. The summed E-state index contributed by atoms with van der Waals surface area (Å²) < 4.78 is 9.66. The van der Waals surface area contributed by atoms with Gasteiger partial charge < -0.3 is 14.3 Å². The average Bonchev–Trinajstić information content (AvgIpc) is 3.84. The Morgan fingerprint density at radius 1 is 0.464 bits per heavy atom. The molecule has 0 aliphatic carbocycles. The fraction of sp³-hybridized carbons (Fsp3) is 0.0192. The molecule has 1 unspecified atom stereocenters. The van der Waals surface area contributed by atoms with Crippen molar-refractivity contribution in [2.24, 2.45) is 4.99 Å². The Morgan fingerprint density at radius 2 is 1.04 bits per heavy atom. The fourth-order valence-corrected chi connectivity index (χ4v) is 9.05. The second-order valence-corrected chi connectivity index (χ2v) is 14.7. The summed E-state index contributed by atoms with van der Waals surface area (Å²) in [5.74, 6) is 0. The maximum absolute atomic E-state index is 7.24. The van der Waals surface area contributed by atoms with Crippen molar-refractivity contribution in [2.75, 3.05) is 0 Å². The van der Waals surface area contributed by atoms with E-state index in [1.165, 1.54) is 32.3 Å². The lowest BCUT2D eigenvalue weighted by Crippen LogP contribution is -2.25. The molecule has 4 nitrogen and oxygen atoms in total. The Hall–Kier alpha value is -7.43. The molecular formula is C52H33N3O. The van der Waals surface area contributed by atoms with Gasteiger partial charge in [-0.3, -0.25) is 4.99 Å². The number of nitrogens with one attached hydrogen (secondary N) is 1. The largest absolute Gasteiger partial charge is 0.453 e. The highest BCUT2D eigenvalue weighted by Gasteiger charge is 2.26. The first-order valence-corrected chi connectivity index (χ1v) is 19.2. The van der Waals surface area contributed by atoms with Gasteiger partial charge in [0.15, 0.2) is 5.58 Å². The lowest BCUT2D eigenvalue weighted by molar-refractivity contribution is 0.663. The zero-order valence-corrected chi connectivity index (χ0v) is 30.3. The van der Waals surface area contributed by atoms with Gasteiger partial charge in [0.25, 0.3) is 0 Å². The van der Waals surface area contributed by atoms with Crippen LogP contribution in [0.2, 0.25) is 0 Å². The predicted octanol–water partition coefficient (Wildman–Crippen LogP) is 13.3. The third-order valence-electron chi connectivity index (χ3n) is 11.6. The minimum atomic E-state index is -0.265. The number of nitrogens with zero attached hydrogens (tertiary/aromatic N) is 2. The predicted molar refractivity (Wildman–Crippen MR) is 234 cm³/mol. The van der Waals surface area contributed by atoms with Crippen LogP contribution in [0.25, 0.3) is 87.4 Å². The molecule has 0 spiro atoms. The van der Waals surface area contributed by atoms with Gasteiger partial charge in [0.1, 0.15) is 11.7 Å². The van der Waals surface area contributed by atoms with E-state index in [1.807, 2.05) is 0 Å². The van der Waals surface area contributed by atoms with E-state index in [9.17, 15) is 0 Å². The van der Waals surface area contributed by atoms with Gasteiger partial charge in [0.05, 0.1) is 22.4 Å². The molecule has 4 heteroatoms. The number of aromatic nitrogens is 1. The van der Waals surface area contributed by atoms with Crippen molar-refractivity contribution >= 4 is 87.5 Å². The molecule has 0 bridgehead atoms. The molecule has 0 saturated carbocycles. The van der Waals surface area contributed by atoms with Crippen LogP contribution in [-0.2, 0) is 0 Å². The number of hydrogen-bond donors (Lipinski definition) is 1. The highest BCUT2D eigenvalue weighted by Crippen LogP contribution is 2.45. The van der Waals surface area contributed by atoms with E-state index < -0.39 is 0 Å². The Kier molecular flexibility index (Phi) is 6.66. The summed E-state index contributed by atoms with van der Waals surface area (Å²) in [4.78, 5) is 5.25. The van der Waals surface area contributed by atoms with Gasteiger partial charge in [0, 0.05) is 38.2 Å². The van der Waals surface area contributed by atoms with Crippen molar-refractivity contribution in [1.29, 1.82) is 0 Å². The summed E-state index contributed by atoms with van der Waals surface area (Å²) in [7, 11) is 0. The van der Waals surface area contributed by atoms with Gasteiger partial charge in [-0.1, -0.05) is 152 Å². The summed E-state index contributed by atoms with van der Waals surface area (Å²) in [6, 6.07) is 65.0. The van der Waals surface area contributed by atoms with E-state index in [0.29, 0.717) is 0 Å². The Labute approximate surface area is 322 Å². The molecule has 0 amide bonds. The van der Waals surface area contributed by atoms with Gasteiger partial charge in [-0.2, -0.15) is 0 Å². The molecule has 11 aromatic rings. The SMILES string of the molecule is C1=C(c2ccc(-n3c4ccc5ccccc5c4c4c5ccccc5ccc43)c3oc4c5ccccc5ccc4c23)NC(c2ccccc2)N=C1c1ccccc1. The normalized spacial score (nSPS) is 14.6. The molecule has 1 N–H and O–H groups in total. The summed E-state index contributed by atoms with van der Waals surface area (Å²) in [6.07, 6.45) is 1.93. The molecule has 1 atom stereocenters. The summed E-state index contributed by atoms with van der Waals surface area (Å²) in [6.45, 7) is 0. The van der Waals surface area contributed by atoms with E-state index in [4.69, 9.17) is 9.41 Å². The monoisotopic (exact) mass is 715 g/mol. The van der Waals surface area contributed by atoms with Crippen LogP contribution in [0.1, 0.15) is 22.9 Å². The average molecular weight is 716 g/mol. The van der Waals surface area contributed by atoms with Gasteiger partial charge >= 0.3 is 0 Å². The van der Waals surface area contributed by atoms with Gasteiger partial charge in [-0.25, -0.2) is 0 Å². The maximum Gasteiger partial charge on any atom is 0.160 e. The Bertz CT molecular complexity index is 3350. The van der Waals surface area contributed by atoms with Crippen molar-refractivity contribution in [2.45, 2.75) is 6.17 Å². The first kappa shape index (κ1) is 31.0. The molecule has 0 radical (unpaired) electrons. The van der Waals surface area contributed by atoms with Gasteiger partial charge in [0.2, 0.25) is 0 Å². The second-order valence-electron chi connectivity index (χ2n) is 14.7. The van der Waals surface area contributed by atoms with Crippen LogP contribution in [0, 0.1) is 0 Å². The van der Waals surface area contributed by atoms with Crippen molar-refractivity contribution in [3.8, 4) is 5.69 Å². The molecule has 12 rings (SSSR count). The highest BCUT2D eigenvalue weighted by atomic mass is 16.3. The Balaban J connectivity index is 1.19.